The first kappa shape index (κ1) is 15.1. The lowest BCUT2D eigenvalue weighted by atomic mass is 10.2. The van der Waals surface area contributed by atoms with E-state index in [0.29, 0.717) is 18.8 Å². The predicted octanol–water partition coefficient (Wildman–Crippen LogP) is 3.68. The van der Waals surface area contributed by atoms with Gasteiger partial charge in [0.05, 0.1) is 11.9 Å². The normalized spacial score (nSPS) is 10.8. The minimum atomic E-state index is -0.229. The number of nitrogens with zero attached hydrogens (tertiary/aromatic N) is 2. The number of aromatic nitrogens is 2. The standard InChI is InChI=1S/C14H18ClN3OS/c1-3-4-5-18-14(19)13(15)12(7-17-18)16-6-11-9-20-8-10(11)2/h7-9,16H,3-6H2,1-2H3. The van der Waals surface area contributed by atoms with Gasteiger partial charge < -0.3 is 5.32 Å². The zero-order valence-electron chi connectivity index (χ0n) is 11.6. The number of halogens is 1. The summed E-state index contributed by atoms with van der Waals surface area (Å²) in [7, 11) is 0. The van der Waals surface area contributed by atoms with Crippen LogP contribution in [0.1, 0.15) is 30.9 Å². The van der Waals surface area contributed by atoms with Gasteiger partial charge in [0.1, 0.15) is 5.02 Å². The van der Waals surface area contributed by atoms with E-state index in [-0.39, 0.29) is 10.6 Å². The molecule has 0 amide bonds. The first-order valence-corrected chi connectivity index (χ1v) is 7.96. The maximum Gasteiger partial charge on any atom is 0.287 e. The molecule has 2 rings (SSSR count). The molecule has 0 aliphatic carbocycles. The maximum absolute atomic E-state index is 12.1. The van der Waals surface area contributed by atoms with Gasteiger partial charge in [-0.2, -0.15) is 16.4 Å². The fourth-order valence-electron chi connectivity index (χ4n) is 1.81. The smallest absolute Gasteiger partial charge is 0.287 e. The van der Waals surface area contributed by atoms with Crippen molar-refractivity contribution < 1.29 is 0 Å². The van der Waals surface area contributed by atoms with Crippen LogP contribution in [-0.4, -0.2) is 9.78 Å². The van der Waals surface area contributed by atoms with E-state index in [1.165, 1.54) is 15.8 Å². The molecule has 2 heterocycles. The van der Waals surface area contributed by atoms with Crippen molar-refractivity contribution in [2.24, 2.45) is 0 Å². The van der Waals surface area contributed by atoms with Crippen LogP contribution in [0, 0.1) is 6.92 Å². The van der Waals surface area contributed by atoms with E-state index in [2.05, 4.69) is 35.0 Å². The maximum atomic E-state index is 12.1. The van der Waals surface area contributed by atoms with Gasteiger partial charge >= 0.3 is 0 Å². The van der Waals surface area contributed by atoms with E-state index in [9.17, 15) is 4.79 Å². The van der Waals surface area contributed by atoms with Crippen molar-refractivity contribution in [2.75, 3.05) is 5.32 Å². The highest BCUT2D eigenvalue weighted by molar-refractivity contribution is 7.08. The van der Waals surface area contributed by atoms with Gasteiger partial charge in [-0.1, -0.05) is 24.9 Å². The second-order valence-electron chi connectivity index (χ2n) is 4.69. The van der Waals surface area contributed by atoms with Crippen LogP contribution >= 0.6 is 22.9 Å². The molecule has 0 aliphatic heterocycles. The van der Waals surface area contributed by atoms with Crippen LogP contribution in [0.15, 0.2) is 21.8 Å². The van der Waals surface area contributed by atoms with E-state index >= 15 is 0 Å². The molecule has 0 spiro atoms. The summed E-state index contributed by atoms with van der Waals surface area (Å²) in [4.78, 5) is 12.1. The number of unbranched alkanes of at least 4 members (excludes halogenated alkanes) is 1. The Morgan fingerprint density at radius 2 is 2.25 bits per heavy atom. The van der Waals surface area contributed by atoms with Crippen molar-refractivity contribution in [3.63, 3.8) is 0 Å². The molecule has 0 atom stereocenters. The highest BCUT2D eigenvalue weighted by atomic mass is 35.5. The van der Waals surface area contributed by atoms with Gasteiger partial charge in [0, 0.05) is 13.1 Å². The molecule has 0 aromatic carbocycles. The molecule has 108 valence electrons. The van der Waals surface area contributed by atoms with Crippen LogP contribution in [0.3, 0.4) is 0 Å². The summed E-state index contributed by atoms with van der Waals surface area (Å²) in [6.45, 7) is 5.40. The third-order valence-electron chi connectivity index (χ3n) is 3.14. The van der Waals surface area contributed by atoms with Crippen molar-refractivity contribution >= 4 is 28.6 Å². The molecule has 0 bridgehead atoms. The molecule has 0 aliphatic rings. The van der Waals surface area contributed by atoms with Gasteiger partial charge in [-0.15, -0.1) is 0 Å². The van der Waals surface area contributed by atoms with Crippen molar-refractivity contribution in [3.8, 4) is 0 Å². The summed E-state index contributed by atoms with van der Waals surface area (Å²) in [6, 6.07) is 0. The van der Waals surface area contributed by atoms with Gasteiger partial charge in [0.15, 0.2) is 0 Å². The first-order valence-electron chi connectivity index (χ1n) is 6.64. The quantitative estimate of drug-likeness (QED) is 0.885. The van der Waals surface area contributed by atoms with Gasteiger partial charge in [-0.25, -0.2) is 4.68 Å². The minimum absolute atomic E-state index is 0.212. The average Bonchev–Trinajstić information content (AvgIpc) is 2.85. The monoisotopic (exact) mass is 311 g/mol. The molecule has 1 N–H and O–H groups in total. The largest absolute Gasteiger partial charge is 0.378 e. The molecule has 0 saturated carbocycles. The van der Waals surface area contributed by atoms with Crippen LogP contribution < -0.4 is 10.9 Å². The van der Waals surface area contributed by atoms with Crippen molar-refractivity contribution in [3.05, 3.63) is 43.5 Å². The summed E-state index contributed by atoms with van der Waals surface area (Å²) in [5, 5.41) is 11.7. The molecule has 20 heavy (non-hydrogen) atoms. The summed E-state index contributed by atoms with van der Waals surface area (Å²) >= 11 is 7.79. The Labute approximate surface area is 127 Å². The van der Waals surface area contributed by atoms with E-state index in [0.717, 1.165) is 12.8 Å². The summed E-state index contributed by atoms with van der Waals surface area (Å²) < 4.78 is 1.42. The molecule has 0 radical (unpaired) electrons. The zero-order chi connectivity index (χ0) is 14.5. The Balaban J connectivity index is 2.11. The lowest BCUT2D eigenvalue weighted by molar-refractivity contribution is 0.543. The molecular weight excluding hydrogens is 294 g/mol. The molecule has 0 unspecified atom stereocenters. The summed E-state index contributed by atoms with van der Waals surface area (Å²) in [6.07, 6.45) is 3.56. The highest BCUT2D eigenvalue weighted by Gasteiger charge is 2.09. The molecule has 0 saturated heterocycles. The van der Waals surface area contributed by atoms with Crippen molar-refractivity contribution in [1.29, 1.82) is 0 Å². The third kappa shape index (κ3) is 3.41. The average molecular weight is 312 g/mol. The number of nitrogens with one attached hydrogen (secondary N) is 1. The van der Waals surface area contributed by atoms with Crippen molar-refractivity contribution in [1.82, 2.24) is 9.78 Å². The Morgan fingerprint density at radius 3 is 2.90 bits per heavy atom. The number of anilines is 1. The minimum Gasteiger partial charge on any atom is -0.378 e. The van der Waals surface area contributed by atoms with Gasteiger partial charge in [-0.3, -0.25) is 4.79 Å². The molecule has 4 nitrogen and oxygen atoms in total. The Hall–Kier alpha value is -1.33. The molecular formula is C14H18ClN3OS. The second kappa shape index (κ2) is 6.90. The predicted molar refractivity (Wildman–Crippen MR) is 84.8 cm³/mol. The molecule has 2 aromatic heterocycles. The SMILES string of the molecule is CCCCn1ncc(NCc2cscc2C)c(Cl)c1=O. The topological polar surface area (TPSA) is 46.9 Å². The Kier molecular flexibility index (Phi) is 5.20. The van der Waals surface area contributed by atoms with Gasteiger partial charge in [0.25, 0.3) is 5.56 Å². The fraction of sp³-hybridized carbons (Fsp3) is 0.429. The summed E-state index contributed by atoms with van der Waals surface area (Å²) in [5.74, 6) is 0. The van der Waals surface area contributed by atoms with E-state index in [1.54, 1.807) is 17.5 Å². The number of hydrogen-bond donors (Lipinski definition) is 1. The van der Waals surface area contributed by atoms with Crippen LogP contribution in [0.4, 0.5) is 5.69 Å². The zero-order valence-corrected chi connectivity index (χ0v) is 13.2. The van der Waals surface area contributed by atoms with Crippen molar-refractivity contribution in [2.45, 2.75) is 39.8 Å². The van der Waals surface area contributed by atoms with E-state index in [4.69, 9.17) is 11.6 Å². The van der Waals surface area contributed by atoms with E-state index < -0.39 is 0 Å². The molecule has 6 heteroatoms. The lowest BCUT2D eigenvalue weighted by Crippen LogP contribution is -2.24. The fourth-order valence-corrected chi connectivity index (χ4v) is 2.88. The first-order chi connectivity index (χ1) is 9.63. The van der Waals surface area contributed by atoms with Crippen LogP contribution in [0.2, 0.25) is 5.02 Å². The van der Waals surface area contributed by atoms with Crippen LogP contribution in [0.5, 0.6) is 0 Å². The van der Waals surface area contributed by atoms with Crippen LogP contribution in [-0.2, 0) is 13.1 Å². The third-order valence-corrected chi connectivity index (χ3v) is 4.41. The number of thiophene rings is 1. The Morgan fingerprint density at radius 1 is 1.45 bits per heavy atom. The molecule has 0 fully saturated rings. The summed E-state index contributed by atoms with van der Waals surface area (Å²) in [5.41, 5.74) is 2.81. The number of rotatable bonds is 6. The van der Waals surface area contributed by atoms with Gasteiger partial charge in [-0.05, 0) is 35.2 Å². The lowest BCUT2D eigenvalue weighted by Gasteiger charge is -2.10. The second-order valence-corrected chi connectivity index (χ2v) is 5.81. The highest BCUT2D eigenvalue weighted by Crippen LogP contribution is 2.19. The number of hydrogen-bond acceptors (Lipinski definition) is 4. The van der Waals surface area contributed by atoms with Gasteiger partial charge in [0.2, 0.25) is 0 Å². The number of aryl methyl sites for hydroxylation is 2. The van der Waals surface area contributed by atoms with Crippen LogP contribution in [0.25, 0.3) is 0 Å². The molecule has 2 aromatic rings. The Bertz CT molecular complexity index is 636. The van der Waals surface area contributed by atoms with E-state index in [1.807, 2.05) is 0 Å².